The summed E-state index contributed by atoms with van der Waals surface area (Å²) in [7, 11) is 0. The highest BCUT2D eigenvalue weighted by Gasteiger charge is 2.20. The highest BCUT2D eigenvalue weighted by atomic mass is 16.2. The molecule has 0 radical (unpaired) electrons. The van der Waals surface area contributed by atoms with Crippen molar-refractivity contribution < 1.29 is 9.59 Å². The summed E-state index contributed by atoms with van der Waals surface area (Å²) in [5, 5.41) is 5.61. The van der Waals surface area contributed by atoms with E-state index < -0.39 is 6.04 Å². The van der Waals surface area contributed by atoms with Crippen molar-refractivity contribution in [3.05, 3.63) is 35.9 Å². The van der Waals surface area contributed by atoms with Gasteiger partial charge in [-0.2, -0.15) is 0 Å². The molecule has 0 unspecified atom stereocenters. The van der Waals surface area contributed by atoms with Gasteiger partial charge in [-0.05, 0) is 44.4 Å². The van der Waals surface area contributed by atoms with E-state index in [1.54, 1.807) is 24.3 Å². The first kappa shape index (κ1) is 20.4. The van der Waals surface area contributed by atoms with Crippen molar-refractivity contribution in [2.24, 2.45) is 22.2 Å². The van der Waals surface area contributed by atoms with Crippen LogP contribution in [0.15, 0.2) is 35.3 Å². The van der Waals surface area contributed by atoms with Crippen LogP contribution in [0.4, 0.5) is 0 Å². The van der Waals surface area contributed by atoms with Gasteiger partial charge in [-0.1, -0.05) is 18.2 Å². The van der Waals surface area contributed by atoms with Gasteiger partial charge in [-0.15, -0.1) is 0 Å². The van der Waals surface area contributed by atoms with E-state index in [4.69, 9.17) is 17.2 Å². The minimum atomic E-state index is -0.639. The molecular formula is C17H28N6O2. The Hall–Kier alpha value is -2.61. The Morgan fingerprint density at radius 3 is 2.44 bits per heavy atom. The molecular weight excluding hydrogens is 320 g/mol. The molecule has 0 aliphatic heterocycles. The van der Waals surface area contributed by atoms with Gasteiger partial charge in [0.2, 0.25) is 5.91 Å². The van der Waals surface area contributed by atoms with E-state index in [0.29, 0.717) is 38.0 Å². The van der Waals surface area contributed by atoms with E-state index in [0.717, 1.165) is 12.8 Å². The van der Waals surface area contributed by atoms with E-state index in [-0.39, 0.29) is 17.8 Å². The number of hydrogen-bond acceptors (Lipinski definition) is 4. The van der Waals surface area contributed by atoms with Gasteiger partial charge in [0.15, 0.2) is 5.96 Å². The average molecular weight is 348 g/mol. The molecule has 25 heavy (non-hydrogen) atoms. The van der Waals surface area contributed by atoms with Gasteiger partial charge >= 0.3 is 0 Å². The molecule has 0 aromatic heterocycles. The zero-order valence-corrected chi connectivity index (χ0v) is 14.4. The van der Waals surface area contributed by atoms with Crippen LogP contribution in [0, 0.1) is 0 Å². The third-order valence-electron chi connectivity index (χ3n) is 3.53. The number of nitrogens with two attached hydrogens (primary N) is 3. The molecule has 0 saturated carbocycles. The summed E-state index contributed by atoms with van der Waals surface area (Å²) in [6, 6.07) is 8.13. The Morgan fingerprint density at radius 1 is 1.08 bits per heavy atom. The minimum absolute atomic E-state index is 0.0103. The fraction of sp³-hybridized carbons (Fsp3) is 0.471. The maximum absolute atomic E-state index is 12.4. The highest BCUT2D eigenvalue weighted by Crippen LogP contribution is 2.03. The molecule has 0 saturated heterocycles. The minimum Gasteiger partial charge on any atom is -0.370 e. The third kappa shape index (κ3) is 8.71. The molecule has 138 valence electrons. The lowest BCUT2D eigenvalue weighted by Crippen LogP contribution is -2.47. The Morgan fingerprint density at radius 2 is 1.80 bits per heavy atom. The number of unbranched alkanes of at least 4 members (excludes halogenated alkanes) is 1. The molecule has 0 heterocycles. The van der Waals surface area contributed by atoms with Crippen molar-refractivity contribution in [3.63, 3.8) is 0 Å². The molecule has 0 fully saturated rings. The van der Waals surface area contributed by atoms with Gasteiger partial charge in [0.05, 0.1) is 0 Å². The molecule has 8 N–H and O–H groups in total. The predicted molar refractivity (Wildman–Crippen MR) is 98.9 cm³/mol. The monoisotopic (exact) mass is 348 g/mol. The van der Waals surface area contributed by atoms with Gasteiger partial charge in [0.1, 0.15) is 6.04 Å². The summed E-state index contributed by atoms with van der Waals surface area (Å²) >= 11 is 0. The van der Waals surface area contributed by atoms with Crippen LogP contribution in [-0.2, 0) is 4.79 Å². The lowest BCUT2D eigenvalue weighted by atomic mass is 10.1. The van der Waals surface area contributed by atoms with Gasteiger partial charge in [0.25, 0.3) is 5.91 Å². The van der Waals surface area contributed by atoms with Crippen LogP contribution >= 0.6 is 0 Å². The number of nitrogens with zero attached hydrogens (tertiary/aromatic N) is 1. The Kier molecular flexibility index (Phi) is 9.69. The normalized spacial score (nSPS) is 11.4. The summed E-state index contributed by atoms with van der Waals surface area (Å²) in [6.07, 6.45) is 2.66. The van der Waals surface area contributed by atoms with E-state index in [2.05, 4.69) is 15.6 Å². The quantitative estimate of drug-likeness (QED) is 0.211. The van der Waals surface area contributed by atoms with E-state index in [1.165, 1.54) is 0 Å². The standard InChI is InChI=1S/C17H28N6O2/c18-10-4-5-11-21-16(25)14(9-6-12-22-17(19)20)23-15(24)13-7-2-1-3-8-13/h1-3,7-8,14H,4-6,9-12,18H2,(H,21,25)(H,23,24)(H4,19,20,22)/t14-/m0/s1. The first-order valence-electron chi connectivity index (χ1n) is 8.43. The third-order valence-corrected chi connectivity index (χ3v) is 3.53. The van der Waals surface area contributed by atoms with Crippen LogP contribution in [0.2, 0.25) is 0 Å². The summed E-state index contributed by atoms with van der Waals surface area (Å²) in [6.45, 7) is 1.52. The van der Waals surface area contributed by atoms with Crippen molar-refractivity contribution >= 4 is 17.8 Å². The van der Waals surface area contributed by atoms with E-state index in [9.17, 15) is 9.59 Å². The van der Waals surface area contributed by atoms with Crippen molar-refractivity contribution in [2.75, 3.05) is 19.6 Å². The number of benzene rings is 1. The second kappa shape index (κ2) is 11.9. The van der Waals surface area contributed by atoms with E-state index in [1.807, 2.05) is 6.07 Å². The van der Waals surface area contributed by atoms with Crippen LogP contribution in [0.3, 0.4) is 0 Å². The molecule has 0 aliphatic carbocycles. The molecule has 2 amide bonds. The number of guanidine groups is 1. The first-order valence-corrected chi connectivity index (χ1v) is 8.43. The maximum atomic E-state index is 12.4. The zero-order valence-electron chi connectivity index (χ0n) is 14.4. The molecule has 1 aromatic rings. The number of hydrogen-bond donors (Lipinski definition) is 5. The zero-order chi connectivity index (χ0) is 18.5. The summed E-state index contributed by atoms with van der Waals surface area (Å²) in [5.74, 6) is -0.494. The topological polar surface area (TPSA) is 149 Å². The largest absolute Gasteiger partial charge is 0.370 e. The van der Waals surface area contributed by atoms with Crippen molar-refractivity contribution in [1.29, 1.82) is 0 Å². The number of carbonyl (C=O) groups excluding carboxylic acids is 2. The average Bonchev–Trinajstić information content (AvgIpc) is 2.61. The van der Waals surface area contributed by atoms with Gasteiger partial charge in [-0.3, -0.25) is 14.6 Å². The van der Waals surface area contributed by atoms with E-state index >= 15 is 0 Å². The Bertz CT molecular complexity index is 558. The maximum Gasteiger partial charge on any atom is 0.251 e. The molecule has 1 aromatic carbocycles. The molecule has 0 spiro atoms. The molecule has 8 heteroatoms. The number of nitrogens with one attached hydrogen (secondary N) is 2. The molecule has 0 aliphatic rings. The fourth-order valence-electron chi connectivity index (χ4n) is 2.21. The number of rotatable bonds is 11. The van der Waals surface area contributed by atoms with Crippen LogP contribution in [0.1, 0.15) is 36.0 Å². The molecule has 0 bridgehead atoms. The lowest BCUT2D eigenvalue weighted by Gasteiger charge is -2.18. The van der Waals surface area contributed by atoms with Crippen molar-refractivity contribution in [2.45, 2.75) is 31.7 Å². The summed E-state index contributed by atoms with van der Waals surface area (Å²) in [5.41, 5.74) is 16.5. The number of carbonyl (C=O) groups is 2. The van der Waals surface area contributed by atoms with Crippen LogP contribution in [0.25, 0.3) is 0 Å². The lowest BCUT2D eigenvalue weighted by molar-refractivity contribution is -0.123. The first-order chi connectivity index (χ1) is 12.0. The smallest absolute Gasteiger partial charge is 0.251 e. The SMILES string of the molecule is NCCCCNC(=O)[C@H](CCCN=C(N)N)NC(=O)c1ccccc1. The summed E-state index contributed by atoms with van der Waals surface area (Å²) in [4.78, 5) is 28.6. The van der Waals surface area contributed by atoms with Crippen LogP contribution in [0.5, 0.6) is 0 Å². The van der Waals surface area contributed by atoms with Gasteiger partial charge in [0, 0.05) is 18.7 Å². The summed E-state index contributed by atoms with van der Waals surface area (Å²) < 4.78 is 0. The van der Waals surface area contributed by atoms with Crippen LogP contribution in [-0.4, -0.2) is 43.5 Å². The Balaban J connectivity index is 2.61. The molecule has 1 atom stereocenters. The predicted octanol–water partition coefficient (Wildman–Crippen LogP) is -0.306. The van der Waals surface area contributed by atoms with Crippen LogP contribution < -0.4 is 27.8 Å². The second-order valence-corrected chi connectivity index (χ2v) is 5.63. The fourth-order valence-corrected chi connectivity index (χ4v) is 2.21. The Labute approximate surface area is 148 Å². The van der Waals surface area contributed by atoms with Gasteiger partial charge < -0.3 is 27.8 Å². The van der Waals surface area contributed by atoms with Gasteiger partial charge in [-0.25, -0.2) is 0 Å². The molecule has 1 rings (SSSR count). The highest BCUT2D eigenvalue weighted by molar-refractivity contribution is 5.97. The second-order valence-electron chi connectivity index (χ2n) is 5.63. The number of aliphatic imine (C=N–C) groups is 1. The molecule has 8 nitrogen and oxygen atoms in total. The van der Waals surface area contributed by atoms with Crippen molar-refractivity contribution in [3.8, 4) is 0 Å². The number of amides is 2. The van der Waals surface area contributed by atoms with Crippen molar-refractivity contribution in [1.82, 2.24) is 10.6 Å².